The maximum Gasteiger partial charge on any atom is 0.256 e. The van der Waals surface area contributed by atoms with Crippen molar-refractivity contribution in [3.63, 3.8) is 0 Å². The third kappa shape index (κ3) is 3.07. The number of amides is 1. The van der Waals surface area contributed by atoms with Crippen LogP contribution in [0.4, 0.5) is 0 Å². The first-order valence-electron chi connectivity index (χ1n) is 8.47. The van der Waals surface area contributed by atoms with Crippen molar-refractivity contribution in [2.24, 2.45) is 7.05 Å². The molecule has 6 nitrogen and oxygen atoms in total. The van der Waals surface area contributed by atoms with Gasteiger partial charge >= 0.3 is 0 Å². The van der Waals surface area contributed by atoms with Crippen LogP contribution in [-0.2, 0) is 33.0 Å². The van der Waals surface area contributed by atoms with Crippen LogP contribution in [0, 0.1) is 0 Å². The van der Waals surface area contributed by atoms with Crippen LogP contribution in [0.25, 0.3) is 0 Å². The van der Waals surface area contributed by atoms with E-state index in [2.05, 4.69) is 10.1 Å². The summed E-state index contributed by atoms with van der Waals surface area (Å²) in [5.74, 6) is 0.687. The zero-order valence-corrected chi connectivity index (χ0v) is 14.2. The van der Waals surface area contributed by atoms with E-state index in [9.17, 15) is 4.79 Å². The summed E-state index contributed by atoms with van der Waals surface area (Å²) >= 11 is 0. The Morgan fingerprint density at radius 2 is 2.20 bits per heavy atom. The van der Waals surface area contributed by atoms with E-state index >= 15 is 0 Å². The highest BCUT2D eigenvalue weighted by molar-refractivity contribution is 5.93. The number of hydrogen-bond donors (Lipinski definition) is 0. The second-order valence-corrected chi connectivity index (χ2v) is 6.33. The van der Waals surface area contributed by atoms with Crippen LogP contribution in [0.3, 0.4) is 0 Å². The van der Waals surface area contributed by atoms with Crippen LogP contribution in [0.5, 0.6) is 0 Å². The molecule has 0 bridgehead atoms. The molecule has 1 aliphatic carbocycles. The lowest BCUT2D eigenvalue weighted by molar-refractivity contribution is 0.0714. The molecule has 0 aliphatic heterocycles. The Morgan fingerprint density at radius 3 is 2.96 bits per heavy atom. The lowest BCUT2D eigenvalue weighted by Crippen LogP contribution is -2.30. The number of carbonyl (C=O) groups excluding carboxylic acids is 1. The molecule has 0 unspecified atom stereocenters. The molecule has 3 aromatic heterocycles. The molecule has 3 heterocycles. The third-order valence-corrected chi connectivity index (χ3v) is 4.66. The molecule has 4 rings (SSSR count). The largest absolute Gasteiger partial charge is 0.467 e. The molecule has 0 spiro atoms. The molecule has 25 heavy (non-hydrogen) atoms. The standard InChI is InChI=1S/C19H20N4O2/c1-22-18-8-2-7-16(18)17(21-22)13-23(12-15-6-4-10-25-15)19(24)14-5-3-9-20-11-14/h3-6,9-11H,2,7-8,12-13H2,1H3. The fourth-order valence-electron chi connectivity index (χ4n) is 3.47. The van der Waals surface area contributed by atoms with Crippen LogP contribution >= 0.6 is 0 Å². The van der Waals surface area contributed by atoms with Crippen molar-refractivity contribution in [1.29, 1.82) is 0 Å². The molecule has 0 fully saturated rings. The van der Waals surface area contributed by atoms with Gasteiger partial charge in [-0.25, -0.2) is 0 Å². The van der Waals surface area contributed by atoms with Gasteiger partial charge in [0.05, 0.1) is 30.6 Å². The Hall–Kier alpha value is -2.89. The molecule has 6 heteroatoms. The molecule has 0 saturated heterocycles. The lowest BCUT2D eigenvalue weighted by Gasteiger charge is -2.21. The predicted molar refractivity (Wildman–Crippen MR) is 91.8 cm³/mol. The number of nitrogens with zero attached hydrogens (tertiary/aromatic N) is 4. The summed E-state index contributed by atoms with van der Waals surface area (Å²) < 4.78 is 7.41. The number of rotatable bonds is 5. The van der Waals surface area contributed by atoms with E-state index in [1.165, 1.54) is 11.3 Å². The van der Waals surface area contributed by atoms with Gasteiger partial charge < -0.3 is 9.32 Å². The molecule has 0 saturated carbocycles. The van der Waals surface area contributed by atoms with E-state index in [0.29, 0.717) is 18.7 Å². The van der Waals surface area contributed by atoms with Gasteiger partial charge in [0, 0.05) is 25.1 Å². The van der Waals surface area contributed by atoms with Crippen LogP contribution < -0.4 is 0 Å². The van der Waals surface area contributed by atoms with Gasteiger partial charge in [-0.3, -0.25) is 14.5 Å². The van der Waals surface area contributed by atoms with Crippen LogP contribution in [0.1, 0.15) is 39.5 Å². The van der Waals surface area contributed by atoms with Gasteiger partial charge in [-0.05, 0) is 49.1 Å². The highest BCUT2D eigenvalue weighted by atomic mass is 16.3. The Balaban J connectivity index is 1.64. The number of carbonyl (C=O) groups is 1. The van der Waals surface area contributed by atoms with E-state index in [4.69, 9.17) is 4.42 Å². The summed E-state index contributed by atoms with van der Waals surface area (Å²) in [4.78, 5) is 18.8. The first-order valence-corrected chi connectivity index (χ1v) is 8.47. The first-order chi connectivity index (χ1) is 12.2. The van der Waals surface area contributed by atoms with Gasteiger partial charge in [0.25, 0.3) is 5.91 Å². The van der Waals surface area contributed by atoms with Gasteiger partial charge in [-0.2, -0.15) is 5.10 Å². The monoisotopic (exact) mass is 336 g/mol. The van der Waals surface area contributed by atoms with Crippen LogP contribution in [0.2, 0.25) is 0 Å². The van der Waals surface area contributed by atoms with Crippen LogP contribution in [0.15, 0.2) is 47.3 Å². The smallest absolute Gasteiger partial charge is 0.256 e. The average Bonchev–Trinajstić information content (AvgIpc) is 3.36. The van der Waals surface area contributed by atoms with Crippen molar-refractivity contribution in [1.82, 2.24) is 19.7 Å². The second-order valence-electron chi connectivity index (χ2n) is 6.33. The minimum absolute atomic E-state index is 0.0677. The second kappa shape index (κ2) is 6.55. The zero-order chi connectivity index (χ0) is 17.2. The van der Waals surface area contributed by atoms with Gasteiger partial charge in [0.1, 0.15) is 5.76 Å². The fourth-order valence-corrected chi connectivity index (χ4v) is 3.47. The third-order valence-electron chi connectivity index (χ3n) is 4.66. The Bertz CT molecular complexity index is 868. The summed E-state index contributed by atoms with van der Waals surface area (Å²) in [7, 11) is 1.98. The summed E-state index contributed by atoms with van der Waals surface area (Å²) in [6.45, 7) is 0.879. The average molecular weight is 336 g/mol. The normalized spacial score (nSPS) is 13.0. The summed E-state index contributed by atoms with van der Waals surface area (Å²) in [6.07, 6.45) is 8.14. The Kier molecular flexibility index (Phi) is 4.09. The van der Waals surface area contributed by atoms with Crippen molar-refractivity contribution in [2.75, 3.05) is 0 Å². The SMILES string of the molecule is Cn1nc(CN(Cc2ccco2)C(=O)c2cccnc2)c2c1CCC2. The van der Waals surface area contributed by atoms with Gasteiger partial charge in [-0.15, -0.1) is 0 Å². The van der Waals surface area contributed by atoms with Crippen molar-refractivity contribution in [2.45, 2.75) is 32.4 Å². The quantitative estimate of drug-likeness (QED) is 0.719. The number of fused-ring (bicyclic) bond motifs is 1. The fraction of sp³-hybridized carbons (Fsp3) is 0.316. The summed E-state index contributed by atoms with van der Waals surface area (Å²) in [6, 6.07) is 7.27. The minimum atomic E-state index is -0.0677. The first kappa shape index (κ1) is 15.6. The maximum absolute atomic E-state index is 13.0. The van der Waals surface area contributed by atoms with E-state index in [-0.39, 0.29) is 5.91 Å². The number of hydrogen-bond acceptors (Lipinski definition) is 4. The maximum atomic E-state index is 13.0. The number of aryl methyl sites for hydroxylation is 1. The van der Waals surface area contributed by atoms with Crippen molar-refractivity contribution in [3.8, 4) is 0 Å². The number of aromatic nitrogens is 3. The Morgan fingerprint density at radius 1 is 1.28 bits per heavy atom. The van der Waals surface area contributed by atoms with E-state index in [1.54, 1.807) is 35.7 Å². The zero-order valence-electron chi connectivity index (χ0n) is 14.2. The van der Waals surface area contributed by atoms with E-state index in [1.807, 2.05) is 23.9 Å². The van der Waals surface area contributed by atoms with Crippen molar-refractivity contribution >= 4 is 5.91 Å². The summed E-state index contributed by atoms with van der Waals surface area (Å²) in [5.41, 5.74) is 4.15. The van der Waals surface area contributed by atoms with Gasteiger partial charge in [0.2, 0.25) is 0 Å². The lowest BCUT2D eigenvalue weighted by atomic mass is 10.1. The number of pyridine rings is 1. The molecular formula is C19H20N4O2. The van der Waals surface area contributed by atoms with Gasteiger partial charge in [0.15, 0.2) is 0 Å². The van der Waals surface area contributed by atoms with Crippen molar-refractivity contribution < 1.29 is 9.21 Å². The molecule has 0 aromatic carbocycles. The molecule has 0 radical (unpaired) electrons. The molecule has 0 atom stereocenters. The van der Waals surface area contributed by atoms with Crippen molar-refractivity contribution in [3.05, 3.63) is 71.2 Å². The topological polar surface area (TPSA) is 64.2 Å². The highest BCUT2D eigenvalue weighted by Crippen LogP contribution is 2.26. The molecule has 3 aromatic rings. The highest BCUT2D eigenvalue weighted by Gasteiger charge is 2.25. The van der Waals surface area contributed by atoms with Gasteiger partial charge in [-0.1, -0.05) is 0 Å². The number of furan rings is 1. The van der Waals surface area contributed by atoms with E-state index in [0.717, 1.165) is 30.7 Å². The molecule has 1 amide bonds. The Labute approximate surface area is 146 Å². The molecule has 1 aliphatic rings. The minimum Gasteiger partial charge on any atom is -0.467 e. The van der Waals surface area contributed by atoms with E-state index < -0.39 is 0 Å². The molecular weight excluding hydrogens is 316 g/mol. The predicted octanol–water partition coefficient (Wildman–Crippen LogP) is 2.74. The van der Waals surface area contributed by atoms with Crippen LogP contribution in [-0.4, -0.2) is 25.6 Å². The molecule has 0 N–H and O–H groups in total. The molecule has 128 valence electrons. The summed E-state index contributed by atoms with van der Waals surface area (Å²) in [5, 5.41) is 4.65.